The molecule has 2 aromatic rings. The summed E-state index contributed by atoms with van der Waals surface area (Å²) in [6, 6.07) is 14.6. The van der Waals surface area contributed by atoms with E-state index in [1.165, 1.54) is 18.5 Å². The number of piperidine rings is 1. The molecule has 3 atom stereocenters. The van der Waals surface area contributed by atoms with Gasteiger partial charge in [0.2, 0.25) is 0 Å². The van der Waals surface area contributed by atoms with Crippen molar-refractivity contribution in [1.82, 2.24) is 5.32 Å². The van der Waals surface area contributed by atoms with Crippen molar-refractivity contribution in [3.63, 3.8) is 0 Å². The van der Waals surface area contributed by atoms with Crippen LogP contribution in [0.3, 0.4) is 0 Å². The van der Waals surface area contributed by atoms with E-state index in [4.69, 9.17) is 4.74 Å². The summed E-state index contributed by atoms with van der Waals surface area (Å²) in [5, 5.41) is 3.08. The molecule has 0 aliphatic carbocycles. The molecule has 1 aliphatic heterocycles. The molecule has 29 heavy (non-hydrogen) atoms. The van der Waals surface area contributed by atoms with Gasteiger partial charge in [0.05, 0.1) is 6.04 Å². The van der Waals surface area contributed by atoms with Gasteiger partial charge in [0.25, 0.3) is 5.91 Å². The van der Waals surface area contributed by atoms with Crippen LogP contribution in [-0.4, -0.2) is 25.1 Å². The topological polar surface area (TPSA) is 41.6 Å². The molecule has 156 valence electrons. The second-order valence-corrected chi connectivity index (χ2v) is 8.54. The standard InChI is InChI=1S/C25H34N2O2/c1-17-8-9-19(3)24(15-17)29-21(5)25(28)26-20(4)22-10-12-23(13-11-22)27-14-6-7-18(2)16-27/h8-13,15,18,20-21H,6-7,14,16H2,1-5H3,(H,26,28)/t18-,20+,21-/m1/s1. The van der Waals surface area contributed by atoms with Crippen molar-refractivity contribution in [2.75, 3.05) is 18.0 Å². The SMILES string of the molecule is Cc1ccc(C)c(O[C@H](C)C(=O)N[C@@H](C)c2ccc(N3CCC[C@@H](C)C3)cc2)c1. The van der Waals surface area contributed by atoms with Gasteiger partial charge in [0.15, 0.2) is 6.10 Å². The Bertz CT molecular complexity index is 831. The number of amides is 1. The molecular formula is C25H34N2O2. The third-order valence-electron chi connectivity index (χ3n) is 5.79. The number of rotatable bonds is 6. The molecule has 1 aliphatic rings. The summed E-state index contributed by atoms with van der Waals surface area (Å²) in [5.41, 5.74) is 4.53. The predicted octanol–water partition coefficient (Wildman–Crippen LogP) is 5.18. The van der Waals surface area contributed by atoms with Crippen molar-refractivity contribution < 1.29 is 9.53 Å². The number of hydrogen-bond acceptors (Lipinski definition) is 3. The molecule has 4 nitrogen and oxygen atoms in total. The van der Waals surface area contributed by atoms with Crippen molar-refractivity contribution in [2.45, 2.75) is 59.6 Å². The maximum Gasteiger partial charge on any atom is 0.261 e. The van der Waals surface area contributed by atoms with E-state index in [0.717, 1.165) is 41.4 Å². The molecular weight excluding hydrogens is 360 g/mol. The van der Waals surface area contributed by atoms with E-state index in [1.54, 1.807) is 6.92 Å². The first-order valence-electron chi connectivity index (χ1n) is 10.7. The monoisotopic (exact) mass is 394 g/mol. The van der Waals surface area contributed by atoms with Gasteiger partial charge in [0.1, 0.15) is 5.75 Å². The van der Waals surface area contributed by atoms with E-state index in [1.807, 2.05) is 39.0 Å². The van der Waals surface area contributed by atoms with Gasteiger partial charge in [-0.25, -0.2) is 0 Å². The number of nitrogens with zero attached hydrogens (tertiary/aromatic N) is 1. The highest BCUT2D eigenvalue weighted by molar-refractivity contribution is 5.81. The molecule has 1 N–H and O–H groups in total. The molecule has 0 saturated carbocycles. The van der Waals surface area contributed by atoms with Crippen LogP contribution in [0.2, 0.25) is 0 Å². The molecule has 4 heteroatoms. The number of ether oxygens (including phenoxy) is 1. The van der Waals surface area contributed by atoms with Gasteiger partial charge in [-0.2, -0.15) is 0 Å². The van der Waals surface area contributed by atoms with Gasteiger partial charge in [-0.05, 0) is 81.3 Å². The maximum atomic E-state index is 12.6. The number of anilines is 1. The van der Waals surface area contributed by atoms with Gasteiger partial charge in [-0.1, -0.05) is 31.2 Å². The van der Waals surface area contributed by atoms with Crippen molar-refractivity contribution in [2.24, 2.45) is 5.92 Å². The summed E-state index contributed by atoms with van der Waals surface area (Å²) < 4.78 is 5.91. The highest BCUT2D eigenvalue weighted by Crippen LogP contribution is 2.25. The summed E-state index contributed by atoms with van der Waals surface area (Å²) in [6.07, 6.45) is 2.03. The van der Waals surface area contributed by atoms with E-state index < -0.39 is 6.10 Å². The number of carbonyl (C=O) groups excluding carboxylic acids is 1. The molecule has 0 aromatic heterocycles. The Kier molecular flexibility index (Phi) is 6.83. The minimum Gasteiger partial charge on any atom is -0.481 e. The zero-order valence-electron chi connectivity index (χ0n) is 18.4. The van der Waals surface area contributed by atoms with Crippen LogP contribution in [0.25, 0.3) is 0 Å². The van der Waals surface area contributed by atoms with Crippen LogP contribution in [-0.2, 0) is 4.79 Å². The number of benzene rings is 2. The van der Waals surface area contributed by atoms with Gasteiger partial charge in [0, 0.05) is 18.8 Å². The Morgan fingerprint density at radius 1 is 1.14 bits per heavy atom. The van der Waals surface area contributed by atoms with Crippen LogP contribution < -0.4 is 15.0 Å². The van der Waals surface area contributed by atoms with Gasteiger partial charge in [-0.15, -0.1) is 0 Å². The highest BCUT2D eigenvalue weighted by atomic mass is 16.5. The van der Waals surface area contributed by atoms with Crippen LogP contribution in [0, 0.1) is 19.8 Å². The minimum absolute atomic E-state index is 0.0681. The summed E-state index contributed by atoms with van der Waals surface area (Å²) in [7, 11) is 0. The molecule has 1 saturated heterocycles. The molecule has 1 heterocycles. The van der Waals surface area contributed by atoms with E-state index in [2.05, 4.69) is 41.4 Å². The van der Waals surface area contributed by atoms with Crippen LogP contribution in [0.1, 0.15) is 56.3 Å². The Balaban J connectivity index is 1.58. The van der Waals surface area contributed by atoms with Crippen molar-refractivity contribution in [3.8, 4) is 5.75 Å². The van der Waals surface area contributed by atoms with Gasteiger partial charge >= 0.3 is 0 Å². The largest absolute Gasteiger partial charge is 0.481 e. The fourth-order valence-corrected chi connectivity index (χ4v) is 3.89. The summed E-state index contributed by atoms with van der Waals surface area (Å²) in [4.78, 5) is 15.1. The molecule has 1 fully saturated rings. The van der Waals surface area contributed by atoms with E-state index in [9.17, 15) is 4.79 Å². The van der Waals surface area contributed by atoms with Crippen molar-refractivity contribution in [1.29, 1.82) is 0 Å². The first-order chi connectivity index (χ1) is 13.8. The maximum absolute atomic E-state index is 12.6. The van der Waals surface area contributed by atoms with Gasteiger partial charge < -0.3 is 15.0 Å². The lowest BCUT2D eigenvalue weighted by Crippen LogP contribution is -2.38. The summed E-state index contributed by atoms with van der Waals surface area (Å²) >= 11 is 0. The van der Waals surface area contributed by atoms with Crippen LogP contribution >= 0.6 is 0 Å². The van der Waals surface area contributed by atoms with Crippen LogP contribution in [0.15, 0.2) is 42.5 Å². The molecule has 0 unspecified atom stereocenters. The summed E-state index contributed by atoms with van der Waals surface area (Å²) in [5.74, 6) is 1.41. The number of hydrogen-bond donors (Lipinski definition) is 1. The first-order valence-corrected chi connectivity index (χ1v) is 10.7. The molecule has 0 radical (unpaired) electrons. The molecule has 0 bridgehead atoms. The minimum atomic E-state index is -0.549. The predicted molar refractivity (Wildman–Crippen MR) is 120 cm³/mol. The number of aryl methyl sites for hydroxylation is 2. The fourth-order valence-electron chi connectivity index (χ4n) is 3.89. The quantitative estimate of drug-likeness (QED) is 0.733. The number of carbonyl (C=O) groups is 1. The van der Waals surface area contributed by atoms with Crippen molar-refractivity contribution in [3.05, 3.63) is 59.2 Å². The molecule has 0 spiro atoms. The molecule has 1 amide bonds. The Hall–Kier alpha value is -2.49. The Morgan fingerprint density at radius 3 is 2.55 bits per heavy atom. The lowest BCUT2D eigenvalue weighted by atomic mass is 9.99. The third-order valence-corrected chi connectivity index (χ3v) is 5.79. The second kappa shape index (κ2) is 9.34. The summed E-state index contributed by atoms with van der Waals surface area (Å²) in [6.45, 7) is 12.4. The average molecular weight is 395 g/mol. The Morgan fingerprint density at radius 2 is 1.86 bits per heavy atom. The first kappa shape index (κ1) is 21.2. The van der Waals surface area contributed by atoms with E-state index >= 15 is 0 Å². The lowest BCUT2D eigenvalue weighted by Gasteiger charge is -2.33. The highest BCUT2D eigenvalue weighted by Gasteiger charge is 2.20. The van der Waals surface area contributed by atoms with Crippen LogP contribution in [0.4, 0.5) is 5.69 Å². The fraction of sp³-hybridized carbons (Fsp3) is 0.480. The zero-order chi connectivity index (χ0) is 21.0. The third kappa shape index (κ3) is 5.53. The van der Waals surface area contributed by atoms with Crippen molar-refractivity contribution >= 4 is 11.6 Å². The van der Waals surface area contributed by atoms with E-state index in [-0.39, 0.29) is 11.9 Å². The zero-order valence-corrected chi connectivity index (χ0v) is 18.4. The molecule has 3 rings (SSSR count). The van der Waals surface area contributed by atoms with Crippen LogP contribution in [0.5, 0.6) is 5.75 Å². The van der Waals surface area contributed by atoms with Gasteiger partial charge in [-0.3, -0.25) is 4.79 Å². The Labute approximate surface area is 175 Å². The number of nitrogens with one attached hydrogen (secondary N) is 1. The normalized spacial score (nSPS) is 18.8. The average Bonchev–Trinajstić information content (AvgIpc) is 2.70. The smallest absolute Gasteiger partial charge is 0.261 e. The van der Waals surface area contributed by atoms with E-state index in [0.29, 0.717) is 0 Å². The lowest BCUT2D eigenvalue weighted by molar-refractivity contribution is -0.127. The second-order valence-electron chi connectivity index (χ2n) is 8.54. The molecule has 2 aromatic carbocycles.